The number of carbonyl (C=O) groups excluding carboxylic acids is 2. The van der Waals surface area contributed by atoms with Crippen molar-refractivity contribution < 1.29 is 9.59 Å². The third-order valence-electron chi connectivity index (χ3n) is 3.38. The van der Waals surface area contributed by atoms with Crippen molar-refractivity contribution in [2.45, 2.75) is 19.8 Å². The highest BCUT2D eigenvalue weighted by Gasteiger charge is 2.11. The maximum atomic E-state index is 10.6. The number of benzene rings is 2. The molecule has 0 heterocycles. The molecule has 22 heavy (non-hydrogen) atoms. The minimum atomic E-state index is 0.438. The van der Waals surface area contributed by atoms with E-state index in [1.54, 1.807) is 18.2 Å². The Hall–Kier alpha value is -2.51. The van der Waals surface area contributed by atoms with Crippen molar-refractivity contribution in [2.75, 3.05) is 0 Å². The Kier molecular flexibility index (Phi) is 5.40. The van der Waals surface area contributed by atoms with Crippen molar-refractivity contribution in [1.82, 2.24) is 0 Å². The van der Waals surface area contributed by atoms with Gasteiger partial charge in [0.05, 0.1) is 11.4 Å². The summed E-state index contributed by atoms with van der Waals surface area (Å²) in [5.41, 5.74) is 3.69. The largest absolute Gasteiger partial charge is 0.240 e. The predicted molar refractivity (Wildman–Crippen MR) is 85.6 cm³/mol. The zero-order chi connectivity index (χ0) is 15.9. The summed E-state index contributed by atoms with van der Waals surface area (Å²) in [5.74, 6) is 0. The number of hydrogen-bond donors (Lipinski definition) is 0. The molecule has 0 radical (unpaired) electrons. The first-order valence-corrected chi connectivity index (χ1v) is 7.12. The van der Waals surface area contributed by atoms with Crippen molar-refractivity contribution in [3.63, 3.8) is 0 Å². The Bertz CT molecular complexity index is 753. The highest BCUT2D eigenvalue weighted by Crippen LogP contribution is 2.32. The molecule has 0 atom stereocenters. The molecule has 0 spiro atoms. The van der Waals surface area contributed by atoms with E-state index in [0.717, 1.165) is 17.5 Å². The van der Waals surface area contributed by atoms with Gasteiger partial charge < -0.3 is 0 Å². The lowest BCUT2D eigenvalue weighted by Gasteiger charge is -2.11. The first-order valence-electron chi connectivity index (χ1n) is 6.74. The normalized spacial score (nSPS) is 9.73. The molecule has 0 unspecified atom stereocenters. The fourth-order valence-electron chi connectivity index (χ4n) is 2.35. The fourth-order valence-corrected chi connectivity index (χ4v) is 2.54. The van der Waals surface area contributed by atoms with Crippen molar-refractivity contribution in [1.29, 1.82) is 0 Å². The molecule has 0 fully saturated rings. The first-order chi connectivity index (χ1) is 10.7. The maximum absolute atomic E-state index is 10.6. The number of aliphatic imine (C=N–C) groups is 2. The molecule has 0 aliphatic rings. The second-order valence-corrected chi connectivity index (χ2v) is 5.06. The highest BCUT2D eigenvalue weighted by atomic mass is 35.5. The number of aryl methyl sites for hydroxylation is 1. The van der Waals surface area contributed by atoms with E-state index in [9.17, 15) is 9.59 Å². The molecule has 4 nitrogen and oxygen atoms in total. The molecular weight excluding hydrogens is 300 g/mol. The van der Waals surface area contributed by atoms with Gasteiger partial charge in [0.2, 0.25) is 12.2 Å². The van der Waals surface area contributed by atoms with Crippen molar-refractivity contribution in [2.24, 2.45) is 9.98 Å². The number of rotatable bonds is 5. The summed E-state index contributed by atoms with van der Waals surface area (Å²) in [6, 6.07) is 10.7. The van der Waals surface area contributed by atoms with Crippen molar-refractivity contribution in [3.05, 3.63) is 58.1 Å². The zero-order valence-electron chi connectivity index (χ0n) is 12.0. The third kappa shape index (κ3) is 3.57. The molecule has 0 saturated carbocycles. The minimum Gasteiger partial charge on any atom is -0.211 e. The molecule has 0 saturated heterocycles. The Morgan fingerprint density at radius 1 is 1.00 bits per heavy atom. The van der Waals surface area contributed by atoms with E-state index in [4.69, 9.17) is 11.6 Å². The minimum absolute atomic E-state index is 0.438. The quantitative estimate of drug-likeness (QED) is 0.606. The molecule has 110 valence electrons. The summed E-state index contributed by atoms with van der Waals surface area (Å²) in [5, 5.41) is 0.629. The SMILES string of the molecule is CCc1ccc(Cl)cc1Cc1c(N=C=O)cccc1N=C=O. The van der Waals surface area contributed by atoms with Crippen LogP contribution in [0.25, 0.3) is 0 Å². The van der Waals surface area contributed by atoms with Crippen LogP contribution in [-0.4, -0.2) is 12.2 Å². The Balaban J connectivity index is 2.59. The number of nitrogens with zero attached hydrogens (tertiary/aromatic N) is 2. The third-order valence-corrected chi connectivity index (χ3v) is 3.61. The van der Waals surface area contributed by atoms with Crippen LogP contribution in [0.4, 0.5) is 11.4 Å². The Morgan fingerprint density at radius 2 is 1.64 bits per heavy atom. The van der Waals surface area contributed by atoms with E-state index in [2.05, 4.69) is 9.98 Å². The molecule has 0 aliphatic heterocycles. The molecule has 5 heteroatoms. The first kappa shape index (κ1) is 15.9. The molecular formula is C17H13ClN2O2. The van der Waals surface area contributed by atoms with Crippen LogP contribution >= 0.6 is 11.6 Å². The van der Waals surface area contributed by atoms with Crippen LogP contribution in [0.2, 0.25) is 5.02 Å². The summed E-state index contributed by atoms with van der Waals surface area (Å²) in [4.78, 5) is 28.6. The maximum Gasteiger partial charge on any atom is 0.240 e. The Morgan fingerprint density at radius 3 is 2.18 bits per heavy atom. The molecule has 0 N–H and O–H groups in total. The molecule has 0 bridgehead atoms. The van der Waals surface area contributed by atoms with E-state index in [1.807, 2.05) is 25.1 Å². The molecule has 2 rings (SSSR count). The van der Waals surface area contributed by atoms with E-state index in [-0.39, 0.29) is 0 Å². The molecule has 2 aromatic rings. The van der Waals surface area contributed by atoms with Crippen molar-refractivity contribution in [3.8, 4) is 0 Å². The summed E-state index contributed by atoms with van der Waals surface area (Å²) in [6.07, 6.45) is 4.37. The smallest absolute Gasteiger partial charge is 0.211 e. The Labute approximate surface area is 133 Å². The van der Waals surface area contributed by atoms with Gasteiger partial charge in [-0.15, -0.1) is 0 Å². The van der Waals surface area contributed by atoms with Crippen LogP contribution in [-0.2, 0) is 22.4 Å². The average molecular weight is 313 g/mol. The number of halogens is 1. The second-order valence-electron chi connectivity index (χ2n) is 4.62. The molecule has 0 aliphatic carbocycles. The zero-order valence-corrected chi connectivity index (χ0v) is 12.7. The lowest BCUT2D eigenvalue weighted by molar-refractivity contribution is 0.565. The van der Waals surface area contributed by atoms with Gasteiger partial charge in [0.1, 0.15) is 0 Å². The van der Waals surface area contributed by atoms with Crippen molar-refractivity contribution >= 4 is 35.1 Å². The molecule has 0 amide bonds. The summed E-state index contributed by atoms with van der Waals surface area (Å²) < 4.78 is 0. The molecule has 0 aromatic heterocycles. The predicted octanol–water partition coefficient (Wildman–Crippen LogP) is 4.43. The van der Waals surface area contributed by atoms with Crippen LogP contribution < -0.4 is 0 Å². The van der Waals surface area contributed by atoms with Gasteiger partial charge in [0, 0.05) is 17.0 Å². The van der Waals surface area contributed by atoms with Crippen LogP contribution in [0.1, 0.15) is 23.6 Å². The van der Waals surface area contributed by atoms with Gasteiger partial charge in [0.25, 0.3) is 0 Å². The van der Waals surface area contributed by atoms with Gasteiger partial charge in [-0.05, 0) is 41.8 Å². The van der Waals surface area contributed by atoms with Gasteiger partial charge >= 0.3 is 0 Å². The van der Waals surface area contributed by atoms with E-state index in [0.29, 0.717) is 28.4 Å². The highest BCUT2D eigenvalue weighted by molar-refractivity contribution is 6.30. The van der Waals surface area contributed by atoms with Crippen LogP contribution in [0.3, 0.4) is 0 Å². The van der Waals surface area contributed by atoms with Gasteiger partial charge in [-0.3, -0.25) is 0 Å². The van der Waals surface area contributed by atoms with Crippen LogP contribution in [0, 0.1) is 0 Å². The monoisotopic (exact) mass is 312 g/mol. The second kappa shape index (κ2) is 7.48. The summed E-state index contributed by atoms with van der Waals surface area (Å²) in [7, 11) is 0. The van der Waals surface area contributed by atoms with Gasteiger partial charge in [-0.1, -0.05) is 30.7 Å². The number of isocyanates is 2. The summed E-state index contributed by atoms with van der Waals surface area (Å²) in [6.45, 7) is 2.05. The standard InChI is InChI=1S/C17H13ClN2O2/c1-2-12-6-7-14(18)8-13(12)9-15-16(19-10-21)4-3-5-17(15)20-11-22/h3-8H,2,9H2,1H3. The van der Waals surface area contributed by atoms with Crippen LogP contribution in [0.5, 0.6) is 0 Å². The van der Waals surface area contributed by atoms with E-state index in [1.165, 1.54) is 12.2 Å². The molecule has 2 aromatic carbocycles. The van der Waals surface area contributed by atoms with E-state index < -0.39 is 0 Å². The van der Waals surface area contributed by atoms with Gasteiger partial charge in [-0.25, -0.2) is 9.59 Å². The van der Waals surface area contributed by atoms with E-state index >= 15 is 0 Å². The number of hydrogen-bond acceptors (Lipinski definition) is 4. The topological polar surface area (TPSA) is 58.9 Å². The van der Waals surface area contributed by atoms with Gasteiger partial charge in [0.15, 0.2) is 0 Å². The van der Waals surface area contributed by atoms with Crippen LogP contribution in [0.15, 0.2) is 46.4 Å². The summed E-state index contributed by atoms with van der Waals surface area (Å²) >= 11 is 6.07. The fraction of sp³-hybridized carbons (Fsp3) is 0.176. The lowest BCUT2D eigenvalue weighted by Crippen LogP contribution is -1.96. The lowest BCUT2D eigenvalue weighted by atomic mass is 9.96. The van der Waals surface area contributed by atoms with Gasteiger partial charge in [-0.2, -0.15) is 9.98 Å². The average Bonchev–Trinajstić information content (AvgIpc) is 2.51.